The zero-order valence-corrected chi connectivity index (χ0v) is 11.4. The van der Waals surface area contributed by atoms with E-state index in [9.17, 15) is 0 Å². The summed E-state index contributed by atoms with van der Waals surface area (Å²) in [5.74, 6) is 0. The molecule has 0 aliphatic heterocycles. The molecule has 0 amide bonds. The topological polar surface area (TPSA) is 12.9 Å². The molecule has 0 N–H and O–H groups in total. The molecule has 4 heteroatoms. The SMILES string of the molecule is Brc1cc[c]nc1.[I-].[Zn]. The first kappa shape index (κ1) is 12.6. The molecule has 0 bridgehead atoms. The van der Waals surface area contributed by atoms with Crippen LogP contribution in [0.3, 0.4) is 0 Å². The molecule has 0 aromatic carbocycles. The fourth-order valence-electron chi connectivity index (χ4n) is 0.302. The second kappa shape index (κ2) is 7.09. The van der Waals surface area contributed by atoms with Gasteiger partial charge in [-0.15, -0.1) is 0 Å². The van der Waals surface area contributed by atoms with Gasteiger partial charge in [0.25, 0.3) is 0 Å². The average Bonchev–Trinajstić information content (AvgIpc) is 1.69. The number of aromatic nitrogens is 1. The van der Waals surface area contributed by atoms with Crippen molar-refractivity contribution in [1.29, 1.82) is 0 Å². The fourth-order valence-corrected chi connectivity index (χ4v) is 0.536. The van der Waals surface area contributed by atoms with E-state index in [1.165, 1.54) is 0 Å². The molecule has 0 aliphatic carbocycles. The van der Waals surface area contributed by atoms with Gasteiger partial charge in [0.2, 0.25) is 0 Å². The van der Waals surface area contributed by atoms with Crippen LogP contribution in [0.25, 0.3) is 0 Å². The van der Waals surface area contributed by atoms with Gasteiger partial charge in [0.05, 0.1) is 6.20 Å². The predicted octanol–water partition coefficient (Wildman–Crippen LogP) is -1.35. The molecule has 1 nitrogen and oxygen atoms in total. The van der Waals surface area contributed by atoms with Gasteiger partial charge in [-0.25, -0.2) is 0 Å². The summed E-state index contributed by atoms with van der Waals surface area (Å²) in [4.78, 5) is 3.71. The molecular formula is C5H3BrINZn-. The summed E-state index contributed by atoms with van der Waals surface area (Å²) in [6.45, 7) is 0. The summed E-state index contributed by atoms with van der Waals surface area (Å²) in [5, 5.41) is 0. The Morgan fingerprint density at radius 2 is 2.22 bits per heavy atom. The van der Waals surface area contributed by atoms with Crippen molar-refractivity contribution in [2.75, 3.05) is 0 Å². The van der Waals surface area contributed by atoms with Crippen molar-refractivity contribution in [3.05, 3.63) is 29.0 Å². The quantitative estimate of drug-likeness (QED) is 0.417. The van der Waals surface area contributed by atoms with E-state index in [4.69, 9.17) is 0 Å². The summed E-state index contributed by atoms with van der Waals surface area (Å²) in [6.07, 6.45) is 4.35. The van der Waals surface area contributed by atoms with Crippen molar-refractivity contribution in [2.45, 2.75) is 0 Å². The summed E-state index contributed by atoms with van der Waals surface area (Å²) in [7, 11) is 0. The molecule has 9 heavy (non-hydrogen) atoms. The summed E-state index contributed by atoms with van der Waals surface area (Å²) < 4.78 is 0.992. The molecule has 1 rings (SSSR count). The number of hydrogen-bond donors (Lipinski definition) is 0. The summed E-state index contributed by atoms with van der Waals surface area (Å²) in [5.41, 5.74) is 0. The van der Waals surface area contributed by atoms with Crippen LogP contribution in [0.4, 0.5) is 0 Å². The van der Waals surface area contributed by atoms with Crippen LogP contribution in [0.5, 0.6) is 0 Å². The maximum absolute atomic E-state index is 3.71. The summed E-state index contributed by atoms with van der Waals surface area (Å²) in [6, 6.07) is 3.64. The Balaban J connectivity index is 0. The van der Waals surface area contributed by atoms with Gasteiger partial charge in [-0.05, 0) is 28.1 Å². The van der Waals surface area contributed by atoms with Gasteiger partial charge < -0.3 is 24.0 Å². The number of hydrogen-bond acceptors (Lipinski definition) is 1. The second-order valence-corrected chi connectivity index (χ2v) is 2.02. The standard InChI is InChI=1S/C5H3BrN.HI.Zn/c6-5-2-1-3-7-4-5;;/h1-2,4H;1H;/p-1. The van der Waals surface area contributed by atoms with Crippen LogP contribution in [-0.2, 0) is 19.5 Å². The second-order valence-electron chi connectivity index (χ2n) is 1.11. The van der Waals surface area contributed by atoms with Crippen LogP contribution in [-0.4, -0.2) is 4.98 Å². The van der Waals surface area contributed by atoms with Crippen molar-refractivity contribution < 1.29 is 43.5 Å². The van der Waals surface area contributed by atoms with Crippen LogP contribution in [0.2, 0.25) is 0 Å². The Kier molecular flexibility index (Phi) is 9.96. The zero-order valence-electron chi connectivity index (χ0n) is 4.64. The van der Waals surface area contributed by atoms with E-state index < -0.39 is 0 Å². The van der Waals surface area contributed by atoms with E-state index in [-0.39, 0.29) is 43.5 Å². The van der Waals surface area contributed by atoms with E-state index in [2.05, 4.69) is 27.1 Å². The first-order chi connectivity index (χ1) is 3.39. The molecular weight excluding hydrogens is 346 g/mol. The van der Waals surface area contributed by atoms with Crippen LogP contribution < -0.4 is 24.0 Å². The molecule has 1 aromatic rings. The normalized spacial score (nSPS) is 6.78. The van der Waals surface area contributed by atoms with Crippen LogP contribution in [0, 0.1) is 6.20 Å². The van der Waals surface area contributed by atoms with Gasteiger partial charge in [0.15, 0.2) is 0 Å². The number of rotatable bonds is 0. The Morgan fingerprint density at radius 3 is 2.44 bits per heavy atom. The Labute approximate surface area is 92.5 Å². The molecule has 1 heterocycles. The van der Waals surface area contributed by atoms with Gasteiger partial charge >= 0.3 is 0 Å². The first-order valence-corrected chi connectivity index (χ1v) is 2.66. The Bertz CT molecular complexity index is 147. The Morgan fingerprint density at radius 1 is 1.56 bits per heavy atom. The van der Waals surface area contributed by atoms with Crippen LogP contribution >= 0.6 is 15.9 Å². The van der Waals surface area contributed by atoms with E-state index in [1.807, 2.05) is 6.07 Å². The van der Waals surface area contributed by atoms with E-state index >= 15 is 0 Å². The molecule has 0 saturated heterocycles. The third-order valence-electron chi connectivity index (χ3n) is 0.580. The molecule has 1 aromatic heterocycles. The minimum atomic E-state index is 0. The number of pyridine rings is 1. The molecule has 0 spiro atoms. The van der Waals surface area contributed by atoms with Gasteiger partial charge in [-0.2, -0.15) is 0 Å². The molecule has 0 unspecified atom stereocenters. The first-order valence-electron chi connectivity index (χ1n) is 1.87. The zero-order chi connectivity index (χ0) is 5.11. The summed E-state index contributed by atoms with van der Waals surface area (Å²) >= 11 is 3.23. The predicted molar refractivity (Wildman–Crippen MR) is 30.8 cm³/mol. The smallest absolute Gasteiger partial charge is 0.0886 e. The third-order valence-corrected chi connectivity index (χ3v) is 1.05. The molecule has 0 saturated carbocycles. The Hall–Kier alpha value is 0.983. The molecule has 45 valence electrons. The van der Waals surface area contributed by atoms with E-state index in [0.29, 0.717) is 0 Å². The van der Waals surface area contributed by atoms with Crippen molar-refractivity contribution in [2.24, 2.45) is 0 Å². The van der Waals surface area contributed by atoms with Gasteiger partial charge in [0, 0.05) is 30.1 Å². The van der Waals surface area contributed by atoms with Crippen LogP contribution in [0.1, 0.15) is 0 Å². The van der Waals surface area contributed by atoms with E-state index in [0.717, 1.165) is 4.47 Å². The molecule has 0 atom stereocenters. The monoisotopic (exact) mass is 347 g/mol. The van der Waals surface area contributed by atoms with Gasteiger partial charge in [-0.1, -0.05) is 0 Å². The number of nitrogens with zero attached hydrogens (tertiary/aromatic N) is 1. The molecule has 0 aliphatic rings. The van der Waals surface area contributed by atoms with Gasteiger partial charge in [-0.3, -0.25) is 4.98 Å². The van der Waals surface area contributed by atoms with Crippen molar-refractivity contribution in [3.8, 4) is 0 Å². The number of halogens is 2. The molecule has 1 radical (unpaired) electrons. The van der Waals surface area contributed by atoms with Crippen LogP contribution in [0.15, 0.2) is 22.8 Å². The third kappa shape index (κ3) is 5.43. The van der Waals surface area contributed by atoms with Crippen molar-refractivity contribution in [1.82, 2.24) is 4.98 Å². The largest absolute Gasteiger partial charge is 1.00 e. The molecule has 0 fully saturated rings. The fraction of sp³-hybridized carbons (Fsp3) is 0. The van der Waals surface area contributed by atoms with Crippen molar-refractivity contribution in [3.63, 3.8) is 0 Å². The minimum absolute atomic E-state index is 0. The maximum atomic E-state index is 3.71. The van der Waals surface area contributed by atoms with Crippen molar-refractivity contribution >= 4 is 15.9 Å². The van der Waals surface area contributed by atoms with E-state index in [1.54, 1.807) is 12.3 Å². The maximum Gasteiger partial charge on any atom is 0.0886 e. The average molecular weight is 349 g/mol. The minimum Gasteiger partial charge on any atom is -1.00 e. The van der Waals surface area contributed by atoms with Gasteiger partial charge in [0.1, 0.15) is 0 Å².